The van der Waals surface area contributed by atoms with Crippen LogP contribution in [0.5, 0.6) is 5.75 Å². The Labute approximate surface area is 159 Å². The van der Waals surface area contributed by atoms with Crippen LogP contribution in [0.25, 0.3) is 16.8 Å². The predicted molar refractivity (Wildman–Crippen MR) is 99.0 cm³/mol. The topological polar surface area (TPSA) is 39.4 Å². The Balaban J connectivity index is 1.76. The quantitative estimate of drug-likeness (QED) is 0.454. The van der Waals surface area contributed by atoms with Crippen molar-refractivity contribution >= 4 is 5.65 Å². The lowest BCUT2D eigenvalue weighted by Crippen LogP contribution is -2.05. The maximum atomic E-state index is 13.1. The molecular formula is C21H16F3N3O. The lowest BCUT2D eigenvalue weighted by Gasteiger charge is -2.11. The summed E-state index contributed by atoms with van der Waals surface area (Å²) in [5.41, 5.74) is 4.64. The van der Waals surface area contributed by atoms with E-state index in [2.05, 4.69) is 14.7 Å². The number of pyridine rings is 2. The molecule has 3 heterocycles. The summed E-state index contributed by atoms with van der Waals surface area (Å²) in [5, 5.41) is 0. The van der Waals surface area contributed by atoms with Gasteiger partial charge in [-0.05, 0) is 37.3 Å². The normalized spacial score (nSPS) is 11.3. The maximum Gasteiger partial charge on any atom is 0.387 e. The Morgan fingerprint density at radius 2 is 1.82 bits per heavy atom. The summed E-state index contributed by atoms with van der Waals surface area (Å²) in [5.74, 6) is -0.398. The van der Waals surface area contributed by atoms with Crippen molar-refractivity contribution in [2.24, 2.45) is 0 Å². The molecule has 4 nitrogen and oxygen atoms in total. The number of ether oxygens (including phenoxy) is 1. The Hall–Kier alpha value is -3.35. The van der Waals surface area contributed by atoms with Gasteiger partial charge in [-0.25, -0.2) is 9.97 Å². The number of hydrogen-bond donors (Lipinski definition) is 0. The molecule has 0 amide bonds. The highest BCUT2D eigenvalue weighted by molar-refractivity contribution is 5.64. The number of hydrogen-bond acceptors (Lipinski definition) is 3. The molecule has 0 N–H and O–H groups in total. The van der Waals surface area contributed by atoms with E-state index in [1.807, 2.05) is 29.7 Å². The van der Waals surface area contributed by atoms with Gasteiger partial charge in [0.05, 0.1) is 5.69 Å². The van der Waals surface area contributed by atoms with Gasteiger partial charge in [0.1, 0.15) is 11.4 Å². The molecule has 0 aliphatic heterocycles. The minimum absolute atomic E-state index is 0.144. The van der Waals surface area contributed by atoms with E-state index in [9.17, 15) is 13.2 Å². The number of alkyl halides is 2. The molecule has 1 aromatic carbocycles. The summed E-state index contributed by atoms with van der Waals surface area (Å²) in [4.78, 5) is 8.24. The molecule has 3 aromatic heterocycles. The molecule has 0 atom stereocenters. The number of imidazole rings is 1. The van der Waals surface area contributed by atoms with Crippen molar-refractivity contribution in [1.29, 1.82) is 0 Å². The average Bonchev–Trinajstić information content (AvgIpc) is 2.98. The van der Waals surface area contributed by atoms with Crippen LogP contribution in [0, 0.1) is 12.9 Å². The third-order valence-corrected chi connectivity index (χ3v) is 4.52. The number of aryl methyl sites for hydroxylation is 1. The van der Waals surface area contributed by atoms with Crippen molar-refractivity contribution in [3.63, 3.8) is 0 Å². The Morgan fingerprint density at radius 1 is 1.04 bits per heavy atom. The van der Waals surface area contributed by atoms with Crippen LogP contribution < -0.4 is 4.74 Å². The van der Waals surface area contributed by atoms with Crippen LogP contribution in [0.2, 0.25) is 0 Å². The van der Waals surface area contributed by atoms with E-state index in [-0.39, 0.29) is 5.75 Å². The SMILES string of the molecule is Cc1nc2ccc(-c3ccc(F)nc3)cn2c1Cc1ccccc1OC(F)F. The molecular weight excluding hydrogens is 367 g/mol. The van der Waals surface area contributed by atoms with Gasteiger partial charge < -0.3 is 9.14 Å². The number of halogens is 3. The van der Waals surface area contributed by atoms with Crippen molar-refractivity contribution in [2.75, 3.05) is 0 Å². The van der Waals surface area contributed by atoms with Crippen LogP contribution in [0.1, 0.15) is 17.0 Å². The van der Waals surface area contributed by atoms with Gasteiger partial charge in [0, 0.05) is 41.2 Å². The molecule has 0 unspecified atom stereocenters. The van der Waals surface area contributed by atoms with Crippen LogP contribution in [-0.2, 0) is 6.42 Å². The third kappa shape index (κ3) is 3.55. The molecule has 4 rings (SSSR count). The van der Waals surface area contributed by atoms with Crippen LogP contribution >= 0.6 is 0 Å². The number of rotatable bonds is 5. The number of para-hydroxylation sites is 1. The zero-order valence-electron chi connectivity index (χ0n) is 14.9. The van der Waals surface area contributed by atoms with E-state index >= 15 is 0 Å². The second-order valence-electron chi connectivity index (χ2n) is 6.32. The lowest BCUT2D eigenvalue weighted by atomic mass is 10.1. The molecule has 0 aliphatic carbocycles. The van der Waals surface area contributed by atoms with Crippen LogP contribution in [-0.4, -0.2) is 21.0 Å². The van der Waals surface area contributed by atoms with Crippen LogP contribution in [0.15, 0.2) is 60.9 Å². The Kier molecular flexibility index (Phi) is 4.73. The minimum atomic E-state index is -2.89. The molecule has 0 saturated heterocycles. The van der Waals surface area contributed by atoms with Crippen molar-refractivity contribution in [2.45, 2.75) is 20.0 Å². The van der Waals surface area contributed by atoms with Crippen molar-refractivity contribution in [3.8, 4) is 16.9 Å². The molecule has 0 saturated carbocycles. The van der Waals surface area contributed by atoms with Gasteiger partial charge in [0.15, 0.2) is 0 Å². The fourth-order valence-electron chi connectivity index (χ4n) is 3.18. The summed E-state index contributed by atoms with van der Waals surface area (Å²) in [6.45, 7) is -1.01. The van der Waals surface area contributed by atoms with Crippen molar-refractivity contribution in [3.05, 3.63) is 83.8 Å². The van der Waals surface area contributed by atoms with Gasteiger partial charge in [-0.3, -0.25) is 0 Å². The Morgan fingerprint density at radius 3 is 2.57 bits per heavy atom. The highest BCUT2D eigenvalue weighted by atomic mass is 19.3. The molecule has 0 fully saturated rings. The second-order valence-corrected chi connectivity index (χ2v) is 6.32. The first-order valence-electron chi connectivity index (χ1n) is 8.63. The molecule has 0 radical (unpaired) electrons. The van der Waals surface area contributed by atoms with Gasteiger partial charge in [-0.15, -0.1) is 0 Å². The first kappa shape index (κ1) is 18.0. The molecule has 0 bridgehead atoms. The standard InChI is InChI=1S/C21H16F3N3O/c1-13-17(10-14-4-2-3-5-18(14)28-21(23)24)27-12-16(7-9-20(27)26-13)15-6-8-19(22)25-11-15/h2-9,11-12,21H,10H2,1H3. The predicted octanol–water partition coefficient (Wildman–Crippen LogP) is 5.04. The first-order chi connectivity index (χ1) is 13.5. The minimum Gasteiger partial charge on any atom is -0.435 e. The smallest absolute Gasteiger partial charge is 0.387 e. The van der Waals surface area contributed by atoms with Gasteiger partial charge in [-0.1, -0.05) is 18.2 Å². The molecule has 7 heteroatoms. The van der Waals surface area contributed by atoms with Gasteiger partial charge in [0.2, 0.25) is 5.95 Å². The van der Waals surface area contributed by atoms with Crippen LogP contribution in [0.4, 0.5) is 13.2 Å². The number of nitrogens with zero attached hydrogens (tertiary/aromatic N) is 3. The highest BCUT2D eigenvalue weighted by Crippen LogP contribution is 2.27. The van der Waals surface area contributed by atoms with E-state index in [0.29, 0.717) is 12.0 Å². The van der Waals surface area contributed by atoms with E-state index in [1.54, 1.807) is 24.3 Å². The average molecular weight is 383 g/mol. The number of fused-ring (bicyclic) bond motifs is 1. The Bertz CT molecular complexity index is 1120. The lowest BCUT2D eigenvalue weighted by molar-refractivity contribution is -0.0503. The van der Waals surface area contributed by atoms with Crippen LogP contribution in [0.3, 0.4) is 0 Å². The monoisotopic (exact) mass is 383 g/mol. The molecule has 4 aromatic rings. The summed E-state index contributed by atoms with van der Waals surface area (Å²) in [7, 11) is 0. The van der Waals surface area contributed by atoms with E-state index in [1.165, 1.54) is 18.3 Å². The fourth-order valence-corrected chi connectivity index (χ4v) is 3.18. The largest absolute Gasteiger partial charge is 0.435 e. The molecule has 28 heavy (non-hydrogen) atoms. The fraction of sp³-hybridized carbons (Fsp3) is 0.143. The zero-order chi connectivity index (χ0) is 19.7. The van der Waals surface area contributed by atoms with Gasteiger partial charge in [0.25, 0.3) is 0 Å². The number of benzene rings is 1. The summed E-state index contributed by atoms with van der Waals surface area (Å²) < 4.78 is 45.1. The maximum absolute atomic E-state index is 13.1. The summed E-state index contributed by atoms with van der Waals surface area (Å²) >= 11 is 0. The summed E-state index contributed by atoms with van der Waals surface area (Å²) in [6.07, 6.45) is 3.73. The van der Waals surface area contributed by atoms with E-state index in [0.717, 1.165) is 28.2 Å². The van der Waals surface area contributed by atoms with Crippen molar-refractivity contribution < 1.29 is 17.9 Å². The molecule has 0 aliphatic rings. The summed E-state index contributed by atoms with van der Waals surface area (Å²) in [6, 6.07) is 13.4. The molecule has 142 valence electrons. The van der Waals surface area contributed by atoms with Gasteiger partial charge >= 0.3 is 6.61 Å². The van der Waals surface area contributed by atoms with Gasteiger partial charge in [-0.2, -0.15) is 13.2 Å². The zero-order valence-corrected chi connectivity index (χ0v) is 14.9. The van der Waals surface area contributed by atoms with E-state index in [4.69, 9.17) is 0 Å². The first-order valence-corrected chi connectivity index (χ1v) is 8.63. The number of aromatic nitrogens is 3. The third-order valence-electron chi connectivity index (χ3n) is 4.52. The molecule has 0 spiro atoms. The highest BCUT2D eigenvalue weighted by Gasteiger charge is 2.15. The van der Waals surface area contributed by atoms with E-state index < -0.39 is 12.6 Å². The second kappa shape index (κ2) is 7.34. The van der Waals surface area contributed by atoms with Crippen molar-refractivity contribution in [1.82, 2.24) is 14.4 Å².